The fourth-order valence-electron chi connectivity index (χ4n) is 2.46. The van der Waals surface area contributed by atoms with Crippen LogP contribution in [0, 0.1) is 6.92 Å². The molecule has 0 atom stereocenters. The van der Waals surface area contributed by atoms with Crippen LogP contribution in [0.4, 0.5) is 5.69 Å². The molecule has 2 heterocycles. The van der Waals surface area contributed by atoms with Gasteiger partial charge in [-0.15, -0.1) is 0 Å². The number of rotatable bonds is 7. The zero-order chi connectivity index (χ0) is 16.8. The third kappa shape index (κ3) is 3.70. The van der Waals surface area contributed by atoms with E-state index in [2.05, 4.69) is 17.0 Å². The summed E-state index contributed by atoms with van der Waals surface area (Å²) in [5.41, 5.74) is 8.19. The number of nitrogens with zero attached hydrogens (tertiary/aromatic N) is 3. The predicted molar refractivity (Wildman–Crippen MR) is 91.3 cm³/mol. The van der Waals surface area contributed by atoms with Crippen molar-refractivity contribution >= 4 is 22.7 Å². The monoisotopic (exact) mass is 316 g/mol. The highest BCUT2D eigenvalue weighted by atomic mass is 16.5. The summed E-state index contributed by atoms with van der Waals surface area (Å²) in [6, 6.07) is 0. The Balaban J connectivity index is 2.32. The molecule has 0 spiro atoms. The molecule has 0 amide bonds. The van der Waals surface area contributed by atoms with Crippen molar-refractivity contribution in [3.8, 4) is 0 Å². The van der Waals surface area contributed by atoms with Crippen LogP contribution in [0.2, 0.25) is 0 Å². The van der Waals surface area contributed by atoms with Crippen LogP contribution in [0.3, 0.4) is 0 Å². The lowest BCUT2D eigenvalue weighted by Crippen LogP contribution is -2.12. The number of nitrogen functional groups attached to an aromatic ring is 1. The molecule has 0 saturated heterocycles. The van der Waals surface area contributed by atoms with E-state index in [1.807, 2.05) is 17.7 Å². The van der Waals surface area contributed by atoms with E-state index in [0.717, 1.165) is 31.5 Å². The summed E-state index contributed by atoms with van der Waals surface area (Å²) in [5.74, 6) is -0.453. The average molecular weight is 316 g/mol. The second kappa shape index (κ2) is 7.76. The van der Waals surface area contributed by atoms with Crippen molar-refractivity contribution < 1.29 is 9.53 Å². The Morgan fingerprint density at radius 1 is 1.43 bits per heavy atom. The Labute approximate surface area is 136 Å². The van der Waals surface area contributed by atoms with Gasteiger partial charge in [0, 0.05) is 6.54 Å². The highest BCUT2D eigenvalue weighted by Gasteiger charge is 2.20. The first-order valence-corrected chi connectivity index (χ1v) is 8.00. The van der Waals surface area contributed by atoms with E-state index in [1.165, 1.54) is 0 Å². The lowest BCUT2D eigenvalue weighted by Gasteiger charge is -2.10. The van der Waals surface area contributed by atoms with Gasteiger partial charge in [0.05, 0.1) is 23.0 Å². The quantitative estimate of drug-likeness (QED) is 0.481. The summed E-state index contributed by atoms with van der Waals surface area (Å²) in [4.78, 5) is 16.7. The van der Waals surface area contributed by atoms with Gasteiger partial charge in [0.15, 0.2) is 5.65 Å². The Morgan fingerprint density at radius 3 is 2.91 bits per heavy atom. The van der Waals surface area contributed by atoms with Crippen molar-refractivity contribution in [2.24, 2.45) is 0 Å². The van der Waals surface area contributed by atoms with Crippen LogP contribution in [-0.4, -0.2) is 27.3 Å². The lowest BCUT2D eigenvalue weighted by molar-refractivity contribution is 0.0549. The fraction of sp³-hybridized carbons (Fsp3) is 0.471. The Bertz CT molecular complexity index is 719. The molecule has 124 valence electrons. The largest absolute Gasteiger partial charge is 0.458 e. The normalized spacial score (nSPS) is 11.4. The summed E-state index contributed by atoms with van der Waals surface area (Å²) < 4.78 is 7.04. The van der Waals surface area contributed by atoms with E-state index in [0.29, 0.717) is 22.3 Å². The molecular formula is C17H24N4O2. The lowest BCUT2D eigenvalue weighted by atomic mass is 10.1. The molecule has 2 aromatic rings. The van der Waals surface area contributed by atoms with Gasteiger partial charge >= 0.3 is 5.97 Å². The van der Waals surface area contributed by atoms with Gasteiger partial charge in [0.25, 0.3) is 0 Å². The highest BCUT2D eigenvalue weighted by molar-refractivity contribution is 6.04. The number of carbonyl (C=O) groups is 1. The molecule has 6 nitrogen and oxygen atoms in total. The van der Waals surface area contributed by atoms with E-state index in [-0.39, 0.29) is 6.61 Å². The Hall–Kier alpha value is -2.37. The van der Waals surface area contributed by atoms with Crippen LogP contribution in [0.25, 0.3) is 11.0 Å². The number of aromatic nitrogens is 3. The maximum absolute atomic E-state index is 12.2. The molecule has 6 heteroatoms. The van der Waals surface area contributed by atoms with E-state index in [1.54, 1.807) is 19.2 Å². The average Bonchev–Trinajstić information content (AvgIpc) is 2.91. The molecule has 0 fully saturated rings. The standard InChI is InChI=1S/C17H24N4O2/c1-4-6-8-9-21-16-13(11-19-21)15(18)14(12(3)20-16)17(22)23-10-7-5-2/h5,7,11H,4,6,8-10H2,1-3H3,(H2,18,20)/b7-5+. The number of unbranched alkanes of at least 4 members (excludes halogenated alkanes) is 2. The number of hydrogen-bond acceptors (Lipinski definition) is 5. The van der Waals surface area contributed by atoms with Crippen molar-refractivity contribution in [1.29, 1.82) is 0 Å². The number of carbonyl (C=O) groups excluding carboxylic acids is 1. The minimum Gasteiger partial charge on any atom is -0.458 e. The van der Waals surface area contributed by atoms with Gasteiger partial charge in [-0.2, -0.15) is 5.10 Å². The van der Waals surface area contributed by atoms with Crippen molar-refractivity contribution in [2.45, 2.75) is 46.6 Å². The number of aryl methyl sites for hydroxylation is 2. The highest BCUT2D eigenvalue weighted by Crippen LogP contribution is 2.26. The maximum atomic E-state index is 12.2. The van der Waals surface area contributed by atoms with E-state index in [4.69, 9.17) is 10.5 Å². The molecule has 2 aromatic heterocycles. The summed E-state index contributed by atoms with van der Waals surface area (Å²) in [7, 11) is 0. The molecular weight excluding hydrogens is 292 g/mol. The number of ether oxygens (including phenoxy) is 1. The Kier molecular flexibility index (Phi) is 5.73. The van der Waals surface area contributed by atoms with E-state index < -0.39 is 5.97 Å². The van der Waals surface area contributed by atoms with Crippen molar-refractivity contribution in [3.05, 3.63) is 29.6 Å². The zero-order valence-electron chi connectivity index (χ0n) is 14.0. The van der Waals surface area contributed by atoms with Gasteiger partial charge in [0.1, 0.15) is 12.2 Å². The number of allylic oxidation sites excluding steroid dienone is 1. The summed E-state index contributed by atoms with van der Waals surface area (Å²) >= 11 is 0. The van der Waals surface area contributed by atoms with E-state index in [9.17, 15) is 4.79 Å². The van der Waals surface area contributed by atoms with Crippen LogP contribution in [0.1, 0.15) is 49.2 Å². The fourth-order valence-corrected chi connectivity index (χ4v) is 2.46. The first-order chi connectivity index (χ1) is 11.1. The number of hydrogen-bond donors (Lipinski definition) is 1. The minimum atomic E-state index is -0.453. The second-order valence-corrected chi connectivity index (χ2v) is 5.47. The summed E-state index contributed by atoms with van der Waals surface area (Å²) in [6.45, 7) is 6.82. The first kappa shape index (κ1) is 17.0. The second-order valence-electron chi connectivity index (χ2n) is 5.47. The molecule has 2 N–H and O–H groups in total. The van der Waals surface area contributed by atoms with Gasteiger partial charge in [-0.25, -0.2) is 14.5 Å². The minimum absolute atomic E-state index is 0.225. The molecule has 2 rings (SSSR count). The van der Waals surface area contributed by atoms with Crippen LogP contribution in [0.5, 0.6) is 0 Å². The van der Waals surface area contributed by atoms with Gasteiger partial charge in [-0.1, -0.05) is 31.9 Å². The topological polar surface area (TPSA) is 83.0 Å². The van der Waals surface area contributed by atoms with Crippen LogP contribution in [0.15, 0.2) is 18.3 Å². The third-order valence-corrected chi connectivity index (χ3v) is 3.73. The van der Waals surface area contributed by atoms with Crippen LogP contribution in [-0.2, 0) is 11.3 Å². The number of fused-ring (bicyclic) bond motifs is 1. The third-order valence-electron chi connectivity index (χ3n) is 3.73. The number of esters is 1. The van der Waals surface area contributed by atoms with Crippen molar-refractivity contribution in [2.75, 3.05) is 12.3 Å². The van der Waals surface area contributed by atoms with E-state index >= 15 is 0 Å². The molecule has 0 aromatic carbocycles. The number of nitrogens with two attached hydrogens (primary N) is 1. The molecule has 0 aliphatic rings. The molecule has 0 unspecified atom stereocenters. The Morgan fingerprint density at radius 2 is 2.22 bits per heavy atom. The van der Waals surface area contributed by atoms with Gasteiger partial charge < -0.3 is 10.5 Å². The molecule has 23 heavy (non-hydrogen) atoms. The molecule has 0 aliphatic heterocycles. The molecule has 0 aliphatic carbocycles. The van der Waals surface area contributed by atoms with Crippen LogP contribution < -0.4 is 5.73 Å². The molecule has 0 radical (unpaired) electrons. The van der Waals surface area contributed by atoms with Crippen LogP contribution >= 0.6 is 0 Å². The summed E-state index contributed by atoms with van der Waals surface area (Å²) in [6.07, 6.45) is 8.60. The first-order valence-electron chi connectivity index (χ1n) is 8.00. The predicted octanol–water partition coefficient (Wildman–Crippen LogP) is 3.25. The smallest absolute Gasteiger partial charge is 0.342 e. The van der Waals surface area contributed by atoms with Gasteiger partial charge in [0.2, 0.25) is 0 Å². The van der Waals surface area contributed by atoms with Gasteiger partial charge in [-0.05, 0) is 20.3 Å². The van der Waals surface area contributed by atoms with Gasteiger partial charge in [-0.3, -0.25) is 0 Å². The maximum Gasteiger partial charge on any atom is 0.342 e. The molecule has 0 saturated carbocycles. The summed E-state index contributed by atoms with van der Waals surface area (Å²) in [5, 5.41) is 5.05. The number of anilines is 1. The van der Waals surface area contributed by atoms with Crippen molar-refractivity contribution in [3.63, 3.8) is 0 Å². The molecule has 0 bridgehead atoms. The number of pyridine rings is 1. The van der Waals surface area contributed by atoms with Crippen molar-refractivity contribution in [1.82, 2.24) is 14.8 Å². The SMILES string of the molecule is C/C=C/COC(=O)c1c(C)nc2c(cnn2CCCCC)c1N. The zero-order valence-corrected chi connectivity index (χ0v) is 14.0.